The number of piperidine rings is 1. The maximum Gasteiger partial charge on any atom is 0.248 e. The Hall–Kier alpha value is -1.47. The number of amides is 1. The molecule has 7 heteroatoms. The molecule has 5 nitrogen and oxygen atoms in total. The van der Waals surface area contributed by atoms with Crippen LogP contribution in [0.5, 0.6) is 0 Å². The van der Waals surface area contributed by atoms with Gasteiger partial charge in [-0.3, -0.25) is 4.79 Å². The number of benzene rings is 1. The molecule has 0 N–H and O–H groups in total. The van der Waals surface area contributed by atoms with Crippen molar-refractivity contribution in [3.8, 4) is 0 Å². The summed E-state index contributed by atoms with van der Waals surface area (Å²) in [5.74, 6) is -0.574. The molecular formula is C15H20FNO4S. The van der Waals surface area contributed by atoms with E-state index in [0.717, 1.165) is 12.1 Å². The van der Waals surface area contributed by atoms with Gasteiger partial charge in [0.1, 0.15) is 12.4 Å². The zero-order valence-electron chi connectivity index (χ0n) is 12.5. The highest BCUT2D eigenvalue weighted by atomic mass is 32.2. The maximum absolute atomic E-state index is 12.9. The minimum Gasteiger partial charge on any atom is -0.372 e. The fourth-order valence-corrected chi connectivity index (χ4v) is 4.24. The molecule has 0 aromatic heterocycles. The first-order valence-electron chi connectivity index (χ1n) is 7.30. The largest absolute Gasteiger partial charge is 0.372 e. The highest BCUT2D eigenvalue weighted by Crippen LogP contribution is 2.24. The average Bonchev–Trinajstić information content (AvgIpc) is 2.53. The lowest BCUT2D eigenvalue weighted by Crippen LogP contribution is -2.43. The van der Waals surface area contributed by atoms with Crippen molar-refractivity contribution in [3.05, 3.63) is 30.1 Å². The number of rotatable bonds is 5. The number of carbonyl (C=O) groups excluding carboxylic acids is 1. The first-order valence-corrected chi connectivity index (χ1v) is 8.84. The molecule has 0 aliphatic carbocycles. The van der Waals surface area contributed by atoms with Gasteiger partial charge in [0.05, 0.1) is 10.1 Å². The van der Waals surface area contributed by atoms with Gasteiger partial charge in [0.25, 0.3) is 0 Å². The van der Waals surface area contributed by atoms with Crippen LogP contribution >= 0.6 is 0 Å². The van der Waals surface area contributed by atoms with E-state index in [-0.39, 0.29) is 17.4 Å². The predicted molar refractivity (Wildman–Crippen MR) is 79.7 cm³/mol. The first-order chi connectivity index (χ1) is 10.4. The smallest absolute Gasteiger partial charge is 0.248 e. The SMILES string of the molecule is CCOCC(=O)N1CCC(S(=O)(=O)c2ccc(F)cc2)CC1. The summed E-state index contributed by atoms with van der Waals surface area (Å²) in [4.78, 5) is 13.6. The zero-order chi connectivity index (χ0) is 16.2. The van der Waals surface area contributed by atoms with Gasteiger partial charge < -0.3 is 9.64 Å². The summed E-state index contributed by atoms with van der Waals surface area (Å²) in [6.07, 6.45) is 0.773. The normalized spacial score (nSPS) is 16.7. The van der Waals surface area contributed by atoms with Crippen LogP contribution in [0.15, 0.2) is 29.2 Å². The van der Waals surface area contributed by atoms with Crippen molar-refractivity contribution in [2.24, 2.45) is 0 Å². The van der Waals surface area contributed by atoms with Crippen molar-refractivity contribution in [2.75, 3.05) is 26.3 Å². The van der Waals surface area contributed by atoms with E-state index in [0.29, 0.717) is 32.5 Å². The lowest BCUT2D eigenvalue weighted by Gasteiger charge is -2.31. The van der Waals surface area contributed by atoms with Gasteiger partial charge in [-0.15, -0.1) is 0 Å². The molecule has 1 fully saturated rings. The first kappa shape index (κ1) is 16.9. The fourth-order valence-electron chi connectivity index (χ4n) is 2.51. The summed E-state index contributed by atoms with van der Waals surface area (Å²) in [7, 11) is -3.48. The summed E-state index contributed by atoms with van der Waals surface area (Å²) < 4.78 is 43.0. The molecule has 0 bridgehead atoms. The van der Waals surface area contributed by atoms with Crippen molar-refractivity contribution in [1.82, 2.24) is 4.90 Å². The molecule has 1 aliphatic rings. The fraction of sp³-hybridized carbons (Fsp3) is 0.533. The molecule has 0 radical (unpaired) electrons. The minimum absolute atomic E-state index is 0.0336. The van der Waals surface area contributed by atoms with E-state index in [1.165, 1.54) is 12.1 Å². The Morgan fingerprint density at radius 1 is 1.27 bits per heavy atom. The van der Waals surface area contributed by atoms with Crippen LogP contribution in [-0.2, 0) is 19.4 Å². The van der Waals surface area contributed by atoms with Crippen molar-refractivity contribution < 1.29 is 22.3 Å². The standard InChI is InChI=1S/C15H20FNO4S/c1-2-21-11-15(18)17-9-7-14(8-10-17)22(19,20)13-5-3-12(16)4-6-13/h3-6,14H,2,7-11H2,1H3. The van der Waals surface area contributed by atoms with E-state index in [4.69, 9.17) is 4.74 Å². The number of halogens is 1. The molecule has 0 atom stereocenters. The Balaban J connectivity index is 1.98. The molecule has 22 heavy (non-hydrogen) atoms. The highest BCUT2D eigenvalue weighted by molar-refractivity contribution is 7.92. The van der Waals surface area contributed by atoms with Crippen molar-refractivity contribution in [3.63, 3.8) is 0 Å². The second-order valence-corrected chi connectivity index (χ2v) is 7.44. The van der Waals surface area contributed by atoms with E-state index in [1.54, 1.807) is 4.90 Å². The number of sulfone groups is 1. The summed E-state index contributed by atoms with van der Waals surface area (Å²) in [6, 6.07) is 4.87. The van der Waals surface area contributed by atoms with Crippen LogP contribution in [0.3, 0.4) is 0 Å². The van der Waals surface area contributed by atoms with Crippen LogP contribution in [0.2, 0.25) is 0 Å². The third-order valence-electron chi connectivity index (χ3n) is 3.81. The van der Waals surface area contributed by atoms with Crippen LogP contribution in [-0.4, -0.2) is 50.8 Å². The minimum atomic E-state index is -3.48. The Kier molecular flexibility index (Phi) is 5.52. The molecule has 122 valence electrons. The van der Waals surface area contributed by atoms with Gasteiger partial charge in [0.15, 0.2) is 9.84 Å². The van der Waals surface area contributed by atoms with Crippen molar-refractivity contribution in [2.45, 2.75) is 29.9 Å². The molecule has 2 rings (SSSR count). The number of likely N-dealkylation sites (tertiary alicyclic amines) is 1. The lowest BCUT2D eigenvalue weighted by atomic mass is 10.1. The average molecular weight is 329 g/mol. The third kappa shape index (κ3) is 3.84. The molecule has 0 spiro atoms. The topological polar surface area (TPSA) is 63.7 Å². The van der Waals surface area contributed by atoms with E-state index in [1.807, 2.05) is 6.92 Å². The monoisotopic (exact) mass is 329 g/mol. The quantitative estimate of drug-likeness (QED) is 0.770. The van der Waals surface area contributed by atoms with Crippen LogP contribution in [0.25, 0.3) is 0 Å². The van der Waals surface area contributed by atoms with Crippen LogP contribution < -0.4 is 0 Å². The third-order valence-corrected chi connectivity index (χ3v) is 6.08. The van der Waals surface area contributed by atoms with E-state index >= 15 is 0 Å². The Morgan fingerprint density at radius 3 is 2.41 bits per heavy atom. The number of ether oxygens (including phenoxy) is 1. The molecule has 1 saturated heterocycles. The van der Waals surface area contributed by atoms with Crippen LogP contribution in [0, 0.1) is 5.82 Å². The van der Waals surface area contributed by atoms with Gasteiger partial charge >= 0.3 is 0 Å². The second kappa shape index (κ2) is 7.19. The molecule has 1 aromatic carbocycles. The Labute approximate surface area is 130 Å². The van der Waals surface area contributed by atoms with Gasteiger partial charge in [-0.2, -0.15) is 0 Å². The van der Waals surface area contributed by atoms with Crippen molar-refractivity contribution in [1.29, 1.82) is 0 Å². The number of hydrogen-bond acceptors (Lipinski definition) is 4. The van der Waals surface area contributed by atoms with Crippen LogP contribution in [0.4, 0.5) is 4.39 Å². The molecule has 0 saturated carbocycles. The highest BCUT2D eigenvalue weighted by Gasteiger charge is 2.32. The van der Waals surface area contributed by atoms with E-state index in [9.17, 15) is 17.6 Å². The molecule has 1 aliphatic heterocycles. The number of carbonyl (C=O) groups is 1. The second-order valence-electron chi connectivity index (χ2n) is 5.22. The number of nitrogens with zero attached hydrogens (tertiary/aromatic N) is 1. The summed E-state index contributed by atoms with van der Waals surface area (Å²) in [5.41, 5.74) is 0. The Morgan fingerprint density at radius 2 is 1.86 bits per heavy atom. The summed E-state index contributed by atoms with van der Waals surface area (Å²) in [6.45, 7) is 3.12. The summed E-state index contributed by atoms with van der Waals surface area (Å²) >= 11 is 0. The van der Waals surface area contributed by atoms with Gasteiger partial charge in [0.2, 0.25) is 5.91 Å². The molecular weight excluding hydrogens is 309 g/mol. The summed E-state index contributed by atoms with van der Waals surface area (Å²) in [5, 5.41) is -0.533. The van der Waals surface area contributed by atoms with Gasteiger partial charge in [0, 0.05) is 19.7 Å². The van der Waals surface area contributed by atoms with Gasteiger partial charge in [-0.05, 0) is 44.0 Å². The van der Waals surface area contributed by atoms with Crippen LogP contribution in [0.1, 0.15) is 19.8 Å². The van der Waals surface area contributed by atoms with Crippen molar-refractivity contribution >= 4 is 15.7 Å². The molecule has 1 amide bonds. The Bertz CT molecular complexity index is 607. The molecule has 1 heterocycles. The van der Waals surface area contributed by atoms with Gasteiger partial charge in [-0.25, -0.2) is 12.8 Å². The maximum atomic E-state index is 12.9. The predicted octanol–water partition coefficient (Wildman–Crippen LogP) is 1.63. The van der Waals surface area contributed by atoms with E-state index < -0.39 is 20.9 Å². The zero-order valence-corrected chi connectivity index (χ0v) is 13.3. The number of hydrogen-bond donors (Lipinski definition) is 0. The lowest BCUT2D eigenvalue weighted by molar-refractivity contribution is -0.136. The van der Waals surface area contributed by atoms with E-state index in [2.05, 4.69) is 0 Å². The molecule has 0 unspecified atom stereocenters. The molecule has 1 aromatic rings. The van der Waals surface area contributed by atoms with Gasteiger partial charge in [-0.1, -0.05) is 0 Å².